The molecule has 2 N–H and O–H groups in total. The molecular formula is C31H39N7O3. The summed E-state index contributed by atoms with van der Waals surface area (Å²) in [5, 5.41) is 6.22. The van der Waals surface area contributed by atoms with Gasteiger partial charge in [0.2, 0.25) is 5.95 Å². The van der Waals surface area contributed by atoms with Gasteiger partial charge in [-0.25, -0.2) is 9.78 Å². The summed E-state index contributed by atoms with van der Waals surface area (Å²) in [5.41, 5.74) is 3.16. The van der Waals surface area contributed by atoms with Crippen LogP contribution in [0.15, 0.2) is 54.7 Å². The molecule has 10 heteroatoms. The Balaban J connectivity index is 1.10. The van der Waals surface area contributed by atoms with Crippen LogP contribution in [0.3, 0.4) is 0 Å². The number of hydrogen-bond acceptors (Lipinski definition) is 8. The fraction of sp³-hybridized carbons (Fsp3) is 0.419. The number of amides is 2. The molecule has 3 heterocycles. The van der Waals surface area contributed by atoms with Crippen LogP contribution in [0, 0.1) is 6.92 Å². The number of aromatic nitrogens is 2. The predicted octanol–water partition coefficient (Wildman–Crippen LogP) is 4.95. The molecule has 0 unspecified atom stereocenters. The average molecular weight is 558 g/mol. The number of Topliss-reactive ketones (excluding diaryl/α,β-unsaturated/α-hetero) is 1. The van der Waals surface area contributed by atoms with E-state index in [-0.39, 0.29) is 11.8 Å². The second kappa shape index (κ2) is 13.5. The Bertz CT molecular complexity index is 1320. The summed E-state index contributed by atoms with van der Waals surface area (Å²) in [4.78, 5) is 40.0. The number of likely N-dealkylation sites (tertiary alicyclic amines) is 1. The molecule has 2 aliphatic rings. The van der Waals surface area contributed by atoms with E-state index in [1.54, 1.807) is 29.2 Å². The van der Waals surface area contributed by atoms with Crippen LogP contribution in [-0.4, -0.2) is 84.0 Å². The monoisotopic (exact) mass is 557 g/mol. The Labute approximate surface area is 241 Å². The molecule has 41 heavy (non-hydrogen) atoms. The molecule has 2 saturated heterocycles. The highest BCUT2D eigenvalue weighted by atomic mass is 16.5. The first-order valence-electron chi connectivity index (χ1n) is 14.4. The van der Waals surface area contributed by atoms with E-state index in [1.807, 2.05) is 37.4 Å². The third-order valence-electron chi connectivity index (χ3n) is 7.55. The number of carbonyl (C=O) groups excluding carboxylic acids is 2. The van der Waals surface area contributed by atoms with Crippen molar-refractivity contribution in [2.24, 2.45) is 0 Å². The third-order valence-corrected chi connectivity index (χ3v) is 7.55. The Kier molecular flexibility index (Phi) is 9.30. The molecular weight excluding hydrogens is 518 g/mol. The van der Waals surface area contributed by atoms with Crippen molar-refractivity contribution in [1.82, 2.24) is 19.8 Å². The Morgan fingerprint density at radius 2 is 1.59 bits per heavy atom. The maximum absolute atomic E-state index is 12.8. The number of rotatable bonds is 10. The summed E-state index contributed by atoms with van der Waals surface area (Å²) in [5.74, 6) is 2.25. The second-order valence-electron chi connectivity index (χ2n) is 10.6. The van der Waals surface area contributed by atoms with Crippen molar-refractivity contribution in [3.63, 3.8) is 0 Å². The van der Waals surface area contributed by atoms with Crippen LogP contribution in [0.2, 0.25) is 0 Å². The minimum Gasteiger partial charge on any atom is -0.494 e. The predicted molar refractivity (Wildman–Crippen MR) is 162 cm³/mol. The van der Waals surface area contributed by atoms with E-state index in [0.717, 1.165) is 42.4 Å². The maximum Gasteiger partial charge on any atom is 0.321 e. The molecule has 216 valence electrons. The van der Waals surface area contributed by atoms with Crippen molar-refractivity contribution >= 4 is 35.0 Å². The SMILES string of the molecule is CC(=O)c1ccc(NC(=O)N2CCN(c3nc(Nc4ccc(OCCCN5CCCC5)cc4)ncc3C)CC2)cc1. The molecule has 0 aliphatic carbocycles. The highest BCUT2D eigenvalue weighted by Crippen LogP contribution is 2.23. The Morgan fingerprint density at radius 3 is 2.27 bits per heavy atom. The lowest BCUT2D eigenvalue weighted by Gasteiger charge is -2.36. The number of ketones is 1. The summed E-state index contributed by atoms with van der Waals surface area (Å²) in [6.07, 6.45) is 5.50. The molecule has 0 saturated carbocycles. The number of hydrogen-bond donors (Lipinski definition) is 2. The van der Waals surface area contributed by atoms with Crippen molar-refractivity contribution < 1.29 is 14.3 Å². The van der Waals surface area contributed by atoms with Gasteiger partial charge in [0.05, 0.1) is 6.61 Å². The number of urea groups is 1. The van der Waals surface area contributed by atoms with Gasteiger partial charge < -0.3 is 30.1 Å². The normalized spacial score (nSPS) is 15.6. The minimum absolute atomic E-state index is 0.00112. The number of nitrogens with one attached hydrogen (secondary N) is 2. The largest absolute Gasteiger partial charge is 0.494 e. The highest BCUT2D eigenvalue weighted by molar-refractivity contribution is 5.95. The summed E-state index contributed by atoms with van der Waals surface area (Å²) in [7, 11) is 0. The molecule has 3 aromatic rings. The van der Waals surface area contributed by atoms with Crippen molar-refractivity contribution in [3.05, 3.63) is 65.9 Å². The summed E-state index contributed by atoms with van der Waals surface area (Å²) >= 11 is 0. The minimum atomic E-state index is -0.152. The van der Waals surface area contributed by atoms with Gasteiger partial charge >= 0.3 is 6.03 Å². The number of carbonyl (C=O) groups is 2. The molecule has 5 rings (SSSR count). The van der Waals surface area contributed by atoms with Crippen LogP contribution in [0.25, 0.3) is 0 Å². The number of aryl methyl sites for hydroxylation is 1. The highest BCUT2D eigenvalue weighted by Gasteiger charge is 2.23. The fourth-order valence-electron chi connectivity index (χ4n) is 5.17. The Hall–Kier alpha value is -4.18. The number of ether oxygens (including phenoxy) is 1. The topological polar surface area (TPSA) is 103 Å². The Morgan fingerprint density at radius 1 is 0.902 bits per heavy atom. The standard InChI is InChI=1S/C31H39N7O3/c1-23-22-32-30(33-26-10-12-28(13-11-26)41-21-5-16-36-14-3-4-15-36)35-29(23)37-17-19-38(20-18-37)31(40)34-27-8-6-25(7-9-27)24(2)39/h6-13,22H,3-5,14-21H2,1-2H3,(H,34,40)(H,32,33,35). The molecule has 0 spiro atoms. The summed E-state index contributed by atoms with van der Waals surface area (Å²) in [6.45, 7) is 10.3. The van der Waals surface area contributed by atoms with Gasteiger partial charge in [0.15, 0.2) is 5.78 Å². The van der Waals surface area contributed by atoms with Crippen LogP contribution in [-0.2, 0) is 0 Å². The van der Waals surface area contributed by atoms with Gasteiger partial charge in [-0.05, 0) is 94.7 Å². The molecule has 2 aromatic carbocycles. The molecule has 0 atom stereocenters. The molecule has 0 radical (unpaired) electrons. The van der Waals surface area contributed by atoms with Crippen LogP contribution in [0.4, 0.5) is 27.9 Å². The van der Waals surface area contributed by atoms with E-state index < -0.39 is 0 Å². The second-order valence-corrected chi connectivity index (χ2v) is 10.6. The van der Waals surface area contributed by atoms with Gasteiger partial charge in [0, 0.05) is 61.4 Å². The van der Waals surface area contributed by atoms with Gasteiger partial charge in [-0.2, -0.15) is 4.98 Å². The number of benzene rings is 2. The first-order valence-corrected chi connectivity index (χ1v) is 14.4. The average Bonchev–Trinajstić information content (AvgIpc) is 3.51. The fourth-order valence-corrected chi connectivity index (χ4v) is 5.17. The first kappa shape index (κ1) is 28.4. The first-order chi connectivity index (χ1) is 19.9. The smallest absolute Gasteiger partial charge is 0.321 e. The van der Waals surface area contributed by atoms with Crippen LogP contribution < -0.4 is 20.3 Å². The van der Waals surface area contributed by atoms with Gasteiger partial charge in [0.25, 0.3) is 0 Å². The van der Waals surface area contributed by atoms with Gasteiger partial charge in [0.1, 0.15) is 11.6 Å². The maximum atomic E-state index is 12.8. The van der Waals surface area contributed by atoms with Crippen LogP contribution in [0.1, 0.15) is 42.1 Å². The van der Waals surface area contributed by atoms with E-state index in [0.29, 0.717) is 43.4 Å². The molecule has 0 bridgehead atoms. The zero-order valence-electron chi connectivity index (χ0n) is 23.9. The van der Waals surface area contributed by atoms with Gasteiger partial charge in [-0.15, -0.1) is 0 Å². The lowest BCUT2D eigenvalue weighted by Crippen LogP contribution is -2.50. The van der Waals surface area contributed by atoms with E-state index in [4.69, 9.17) is 9.72 Å². The van der Waals surface area contributed by atoms with E-state index in [2.05, 4.69) is 25.4 Å². The molecule has 10 nitrogen and oxygen atoms in total. The number of anilines is 4. The number of piperazine rings is 1. The van der Waals surface area contributed by atoms with Gasteiger partial charge in [-0.3, -0.25) is 4.79 Å². The van der Waals surface area contributed by atoms with Crippen molar-refractivity contribution in [2.45, 2.75) is 33.1 Å². The summed E-state index contributed by atoms with van der Waals surface area (Å²) < 4.78 is 5.92. The molecule has 2 amide bonds. The van der Waals surface area contributed by atoms with Crippen molar-refractivity contribution in [3.8, 4) is 5.75 Å². The van der Waals surface area contributed by atoms with Crippen molar-refractivity contribution in [2.75, 3.05) is 68.0 Å². The summed E-state index contributed by atoms with van der Waals surface area (Å²) in [6, 6.07) is 14.7. The third kappa shape index (κ3) is 7.73. The molecule has 1 aromatic heterocycles. The quantitative estimate of drug-likeness (QED) is 0.267. The van der Waals surface area contributed by atoms with E-state index in [9.17, 15) is 9.59 Å². The zero-order chi connectivity index (χ0) is 28.6. The number of nitrogens with zero attached hydrogens (tertiary/aromatic N) is 5. The van der Waals surface area contributed by atoms with E-state index >= 15 is 0 Å². The lowest BCUT2D eigenvalue weighted by atomic mass is 10.1. The van der Waals surface area contributed by atoms with Gasteiger partial charge in [-0.1, -0.05) is 0 Å². The zero-order valence-corrected chi connectivity index (χ0v) is 23.9. The van der Waals surface area contributed by atoms with Crippen molar-refractivity contribution in [1.29, 1.82) is 0 Å². The molecule has 2 aliphatic heterocycles. The van der Waals surface area contributed by atoms with Crippen LogP contribution in [0.5, 0.6) is 5.75 Å². The van der Waals surface area contributed by atoms with E-state index in [1.165, 1.54) is 32.9 Å². The molecule has 2 fully saturated rings. The lowest BCUT2D eigenvalue weighted by molar-refractivity contribution is 0.101. The van der Waals surface area contributed by atoms with Crippen LogP contribution >= 0.6 is 0 Å².